The molecule has 0 unspecified atom stereocenters. The van der Waals surface area contributed by atoms with Gasteiger partial charge >= 0.3 is 18.0 Å². The normalized spacial score (nSPS) is 15.7. The maximum Gasteiger partial charge on any atom is 0.412 e. The summed E-state index contributed by atoms with van der Waals surface area (Å²) in [4.78, 5) is 40.4. The minimum Gasteiger partial charge on any atom is -0.465 e. The zero-order chi connectivity index (χ0) is 42.7. The molecule has 3 aliphatic rings. The minimum absolute atomic E-state index is 0.274. The number of aromatic nitrogens is 2. The Balaban J connectivity index is 0.000000170. The number of fused-ring (bicyclic) bond motifs is 6. The molecule has 0 atom stereocenters. The molecule has 61 heavy (non-hydrogen) atoms. The molecule has 10 nitrogen and oxygen atoms in total. The van der Waals surface area contributed by atoms with Gasteiger partial charge in [0.05, 0.1) is 42.4 Å². The van der Waals surface area contributed by atoms with Crippen molar-refractivity contribution in [3.05, 3.63) is 107 Å². The Labute approximate surface area is 358 Å². The van der Waals surface area contributed by atoms with Crippen LogP contribution >= 0.6 is 0 Å². The fourth-order valence-electron chi connectivity index (χ4n) is 9.81. The Hall–Kier alpha value is -6.03. The number of carbonyl (C=O) groups excluding carboxylic acids is 3. The maximum absolute atomic E-state index is 12.5. The standard InChI is InChI=1S/C27H32N2O4.C24H26N2O2/c1-27(2,3)33-26(31)29-21-13-9-8-12-20(21)24-23(17-10-6-5-7-11-17)19-15-14-18(25(30)32-4)16-22(19)28-24;1-28-24(27)17-11-12-19-21(15-17)26-14-13-25-20-10-6-5-9-18(20)23(26)22(19)16-7-3-2-4-8-16/h8-9,12-17,28H,5-7,10-11H2,1-4H3,(H,29,31);5-6,9-12,15-16,25H,2-4,7-8,13-14H2,1H3. The number of nitrogens with zero attached hydrogens (tertiary/aromatic N) is 1. The van der Waals surface area contributed by atoms with Gasteiger partial charge in [-0.25, -0.2) is 14.4 Å². The van der Waals surface area contributed by atoms with E-state index in [-0.39, 0.29) is 11.9 Å². The summed E-state index contributed by atoms with van der Waals surface area (Å²) in [6.07, 6.45) is 11.9. The van der Waals surface area contributed by atoms with E-state index in [0.717, 1.165) is 53.6 Å². The van der Waals surface area contributed by atoms with Crippen LogP contribution in [0.2, 0.25) is 0 Å². The number of aromatic amines is 1. The van der Waals surface area contributed by atoms with Crippen molar-refractivity contribution in [3.8, 4) is 22.5 Å². The lowest BCUT2D eigenvalue weighted by Crippen LogP contribution is -2.27. The number of anilines is 2. The van der Waals surface area contributed by atoms with Crippen molar-refractivity contribution >= 4 is 51.2 Å². The van der Waals surface area contributed by atoms with Gasteiger partial charge in [0.2, 0.25) is 0 Å². The molecule has 0 saturated heterocycles. The molecular formula is C51H58N4O6. The molecule has 6 aromatic rings. The van der Waals surface area contributed by atoms with Gasteiger partial charge in [-0.1, -0.05) is 87.1 Å². The van der Waals surface area contributed by atoms with Gasteiger partial charge in [-0.2, -0.15) is 0 Å². The molecule has 2 aliphatic carbocycles. The third kappa shape index (κ3) is 8.76. The number of benzene rings is 4. The van der Waals surface area contributed by atoms with Crippen molar-refractivity contribution in [2.24, 2.45) is 0 Å². The minimum atomic E-state index is -0.586. The summed E-state index contributed by atoms with van der Waals surface area (Å²) in [5.41, 5.74) is 11.7. The van der Waals surface area contributed by atoms with Crippen LogP contribution in [-0.4, -0.2) is 53.9 Å². The van der Waals surface area contributed by atoms with E-state index in [2.05, 4.69) is 50.5 Å². The molecule has 1 aliphatic heterocycles. The first kappa shape index (κ1) is 41.7. The lowest BCUT2D eigenvalue weighted by molar-refractivity contribution is 0.0592. The first-order valence-electron chi connectivity index (χ1n) is 22.0. The number of methoxy groups -OCH3 is 2. The first-order valence-corrected chi connectivity index (χ1v) is 22.0. The van der Waals surface area contributed by atoms with Crippen molar-refractivity contribution in [2.75, 3.05) is 31.4 Å². The first-order chi connectivity index (χ1) is 29.5. The SMILES string of the molecule is COC(=O)c1ccc2c(C3CCCCC3)c(-c3ccccc3NC(=O)OC(C)(C)C)[nH]c2c1.COC(=O)c1ccc2c(C3CCCCC3)c3n(c2c1)CCNc1ccccc1-3. The second-order valence-electron chi connectivity index (χ2n) is 17.6. The molecule has 0 bridgehead atoms. The van der Waals surface area contributed by atoms with Crippen LogP contribution in [0.15, 0.2) is 84.9 Å². The zero-order valence-electron chi connectivity index (χ0n) is 36.1. The fraction of sp³-hybridized carbons (Fsp3) is 0.392. The Kier molecular flexibility index (Phi) is 12.2. The number of carbonyl (C=O) groups is 3. The predicted molar refractivity (Wildman–Crippen MR) is 244 cm³/mol. The summed E-state index contributed by atoms with van der Waals surface area (Å²) in [6.45, 7) is 7.29. The number of amides is 1. The summed E-state index contributed by atoms with van der Waals surface area (Å²) in [5.74, 6) is 0.367. The Bertz CT molecular complexity index is 2570. The molecule has 1 amide bonds. The fourth-order valence-corrected chi connectivity index (χ4v) is 9.81. The number of hydrogen-bond acceptors (Lipinski definition) is 7. The molecule has 3 N–H and O–H groups in total. The van der Waals surface area contributed by atoms with Crippen LogP contribution in [0.25, 0.3) is 44.3 Å². The molecule has 3 heterocycles. The highest BCUT2D eigenvalue weighted by molar-refractivity contribution is 6.01. The lowest BCUT2D eigenvalue weighted by atomic mass is 9.81. The number of rotatable bonds is 6. The largest absolute Gasteiger partial charge is 0.465 e. The van der Waals surface area contributed by atoms with E-state index in [1.807, 2.05) is 75.4 Å². The number of ether oxygens (including phenoxy) is 3. The number of para-hydroxylation sites is 2. The molecule has 9 rings (SSSR count). The Morgan fingerprint density at radius 3 is 1.93 bits per heavy atom. The van der Waals surface area contributed by atoms with Crippen molar-refractivity contribution in [1.29, 1.82) is 0 Å². The quantitative estimate of drug-likeness (QED) is 0.113. The van der Waals surface area contributed by atoms with E-state index in [4.69, 9.17) is 14.2 Å². The van der Waals surface area contributed by atoms with E-state index in [1.165, 1.54) is 99.0 Å². The highest BCUT2D eigenvalue weighted by Crippen LogP contribution is 2.47. The summed E-state index contributed by atoms with van der Waals surface area (Å²) in [7, 11) is 2.83. The molecule has 10 heteroatoms. The smallest absolute Gasteiger partial charge is 0.412 e. The molecule has 2 aromatic heterocycles. The van der Waals surface area contributed by atoms with Gasteiger partial charge in [0.25, 0.3) is 0 Å². The number of esters is 2. The van der Waals surface area contributed by atoms with Crippen molar-refractivity contribution in [1.82, 2.24) is 9.55 Å². The zero-order valence-corrected chi connectivity index (χ0v) is 36.1. The molecule has 0 radical (unpaired) electrons. The van der Waals surface area contributed by atoms with Crippen LogP contribution in [-0.2, 0) is 20.8 Å². The maximum atomic E-state index is 12.5. The van der Waals surface area contributed by atoms with Gasteiger partial charge in [-0.15, -0.1) is 0 Å². The highest BCUT2D eigenvalue weighted by Gasteiger charge is 2.30. The number of nitrogens with one attached hydrogen (secondary N) is 3. The van der Waals surface area contributed by atoms with Gasteiger partial charge in [0, 0.05) is 51.7 Å². The van der Waals surface area contributed by atoms with Gasteiger partial charge in [0.15, 0.2) is 0 Å². The van der Waals surface area contributed by atoms with E-state index in [9.17, 15) is 14.4 Å². The summed E-state index contributed by atoms with van der Waals surface area (Å²) < 4.78 is 17.8. The average molecular weight is 823 g/mol. The van der Waals surface area contributed by atoms with Crippen LogP contribution in [0, 0.1) is 0 Å². The number of hydrogen-bond donors (Lipinski definition) is 3. The van der Waals surface area contributed by atoms with E-state index >= 15 is 0 Å². The Morgan fingerprint density at radius 2 is 1.28 bits per heavy atom. The van der Waals surface area contributed by atoms with Gasteiger partial charge in [-0.05, 0) is 106 Å². The van der Waals surface area contributed by atoms with Crippen LogP contribution < -0.4 is 10.6 Å². The number of H-pyrrole nitrogens is 1. The van der Waals surface area contributed by atoms with Crippen molar-refractivity contribution < 1.29 is 28.6 Å². The van der Waals surface area contributed by atoms with Crippen LogP contribution in [0.3, 0.4) is 0 Å². The Morgan fingerprint density at radius 1 is 0.689 bits per heavy atom. The lowest BCUT2D eigenvalue weighted by Gasteiger charge is -2.24. The van der Waals surface area contributed by atoms with Crippen molar-refractivity contribution in [2.45, 2.75) is 109 Å². The topological polar surface area (TPSA) is 124 Å². The van der Waals surface area contributed by atoms with Crippen molar-refractivity contribution in [3.63, 3.8) is 0 Å². The molecule has 2 saturated carbocycles. The van der Waals surface area contributed by atoms with E-state index < -0.39 is 11.7 Å². The second kappa shape index (κ2) is 17.9. The summed E-state index contributed by atoms with van der Waals surface area (Å²) >= 11 is 0. The van der Waals surface area contributed by atoms with Gasteiger partial charge in [0.1, 0.15) is 5.60 Å². The summed E-state index contributed by atoms with van der Waals surface area (Å²) in [6, 6.07) is 28.1. The highest BCUT2D eigenvalue weighted by atomic mass is 16.6. The third-order valence-electron chi connectivity index (χ3n) is 12.5. The third-order valence-corrected chi connectivity index (χ3v) is 12.5. The van der Waals surface area contributed by atoms with Crippen LogP contribution in [0.4, 0.5) is 16.2 Å². The molecular weight excluding hydrogens is 765 g/mol. The van der Waals surface area contributed by atoms with Gasteiger partial charge < -0.3 is 29.1 Å². The average Bonchev–Trinajstić information content (AvgIpc) is 3.74. The van der Waals surface area contributed by atoms with Crippen LogP contribution in [0.5, 0.6) is 0 Å². The van der Waals surface area contributed by atoms with E-state index in [0.29, 0.717) is 28.7 Å². The predicted octanol–water partition coefficient (Wildman–Crippen LogP) is 12.6. The second-order valence-corrected chi connectivity index (χ2v) is 17.6. The monoisotopic (exact) mass is 822 g/mol. The summed E-state index contributed by atoms with van der Waals surface area (Å²) in [5, 5.41) is 8.92. The van der Waals surface area contributed by atoms with Crippen LogP contribution in [0.1, 0.15) is 129 Å². The molecule has 4 aromatic carbocycles. The van der Waals surface area contributed by atoms with Gasteiger partial charge in [-0.3, -0.25) is 5.32 Å². The molecule has 2 fully saturated rings. The molecule has 318 valence electrons. The molecule has 0 spiro atoms. The van der Waals surface area contributed by atoms with E-state index in [1.54, 1.807) is 0 Å².